The number of nitrogens with one attached hydrogen (secondary N) is 2. The molecule has 0 aliphatic carbocycles. The van der Waals surface area contributed by atoms with E-state index in [1.807, 2.05) is 18.9 Å². The summed E-state index contributed by atoms with van der Waals surface area (Å²) in [6.07, 6.45) is 1.99. The van der Waals surface area contributed by atoms with Crippen LogP contribution in [0.25, 0.3) is 11.0 Å². The molecule has 1 atom stereocenters. The van der Waals surface area contributed by atoms with Crippen LogP contribution in [0.15, 0.2) is 27.8 Å². The zero-order chi connectivity index (χ0) is 17.3. The minimum atomic E-state index is -0.664. The number of hydrogen-bond donors (Lipinski definition) is 2. The van der Waals surface area contributed by atoms with Crippen molar-refractivity contribution in [3.63, 3.8) is 0 Å². The van der Waals surface area contributed by atoms with Crippen molar-refractivity contribution in [2.45, 2.75) is 32.4 Å². The van der Waals surface area contributed by atoms with E-state index in [9.17, 15) is 14.4 Å². The number of benzene rings is 1. The number of fused-ring (bicyclic) bond motifs is 1. The molecule has 0 spiro atoms. The first-order valence-corrected chi connectivity index (χ1v) is 8.29. The van der Waals surface area contributed by atoms with Gasteiger partial charge in [0.2, 0.25) is 0 Å². The smallest absolute Gasteiger partial charge is 0.316 e. The van der Waals surface area contributed by atoms with Crippen molar-refractivity contribution >= 4 is 29.3 Å². The molecule has 2 heterocycles. The van der Waals surface area contributed by atoms with Gasteiger partial charge in [-0.15, -0.1) is 12.4 Å². The Morgan fingerprint density at radius 1 is 1.36 bits per heavy atom. The van der Waals surface area contributed by atoms with Gasteiger partial charge in [0.05, 0.1) is 11.0 Å². The van der Waals surface area contributed by atoms with Gasteiger partial charge < -0.3 is 19.8 Å². The molecule has 1 saturated heterocycles. The average Bonchev–Trinajstić information content (AvgIpc) is 3.03. The van der Waals surface area contributed by atoms with E-state index in [0.717, 1.165) is 25.9 Å². The lowest BCUT2D eigenvalue weighted by Crippen LogP contribution is -2.41. The molecule has 136 valence electrons. The normalized spacial score (nSPS) is 16.9. The Morgan fingerprint density at radius 2 is 2.12 bits per heavy atom. The summed E-state index contributed by atoms with van der Waals surface area (Å²) in [4.78, 5) is 41.0. The Balaban J connectivity index is 0.00000225. The summed E-state index contributed by atoms with van der Waals surface area (Å²) in [5.74, 6) is -0.0373. The molecule has 3 rings (SSSR count). The lowest BCUT2D eigenvalue weighted by Gasteiger charge is -2.24. The number of rotatable bonds is 4. The molecular weight excluding hydrogens is 344 g/mol. The number of aryl methyl sites for hydroxylation is 1. The molecule has 1 aromatic carbocycles. The molecule has 7 nitrogen and oxygen atoms in total. The van der Waals surface area contributed by atoms with Gasteiger partial charge in [0.15, 0.2) is 0 Å². The molecule has 0 bridgehead atoms. The maximum absolute atomic E-state index is 12.8. The molecule has 0 radical (unpaired) electrons. The second-order valence-corrected chi connectivity index (χ2v) is 6.09. The predicted octanol–water partition coefficient (Wildman–Crippen LogP) is 0.956. The van der Waals surface area contributed by atoms with Crippen molar-refractivity contribution in [1.29, 1.82) is 0 Å². The van der Waals surface area contributed by atoms with Crippen LogP contribution in [0.1, 0.15) is 30.1 Å². The highest BCUT2D eigenvalue weighted by atomic mass is 35.5. The van der Waals surface area contributed by atoms with Crippen molar-refractivity contribution in [2.75, 3.05) is 20.1 Å². The lowest BCUT2D eigenvalue weighted by molar-refractivity contribution is 0.0737. The summed E-state index contributed by atoms with van der Waals surface area (Å²) in [5.41, 5.74) is 0.437. The number of carbonyl (C=O) groups is 1. The number of nitrogens with zero attached hydrogens (tertiary/aromatic N) is 2. The van der Waals surface area contributed by atoms with Crippen LogP contribution in [0, 0.1) is 0 Å². The Hall–Kier alpha value is -2.12. The fourth-order valence-corrected chi connectivity index (χ4v) is 3.44. The second-order valence-electron chi connectivity index (χ2n) is 6.09. The van der Waals surface area contributed by atoms with E-state index in [4.69, 9.17) is 0 Å². The van der Waals surface area contributed by atoms with Crippen molar-refractivity contribution in [2.24, 2.45) is 0 Å². The highest BCUT2D eigenvalue weighted by molar-refractivity contribution is 5.97. The molecule has 25 heavy (non-hydrogen) atoms. The van der Waals surface area contributed by atoms with E-state index >= 15 is 0 Å². The first kappa shape index (κ1) is 19.2. The number of halogens is 1. The summed E-state index contributed by atoms with van der Waals surface area (Å²) in [6.45, 7) is 3.73. The minimum absolute atomic E-state index is 0. The van der Waals surface area contributed by atoms with Gasteiger partial charge in [-0.25, -0.2) is 0 Å². The number of hydrogen-bond acceptors (Lipinski definition) is 4. The maximum Gasteiger partial charge on any atom is 0.316 e. The number of likely N-dealkylation sites (tertiary alicyclic amines) is 1. The molecule has 8 heteroatoms. The maximum atomic E-state index is 12.8. The SMILES string of the molecule is CCn1c(=O)c(=O)[nH]c2cc(C(=O)N3CCCC3CNC)ccc21.Cl. The predicted molar refractivity (Wildman–Crippen MR) is 99.7 cm³/mol. The third-order valence-corrected chi connectivity index (χ3v) is 4.62. The first-order valence-electron chi connectivity index (χ1n) is 8.29. The number of amides is 1. The fourth-order valence-electron chi connectivity index (χ4n) is 3.44. The van der Waals surface area contributed by atoms with E-state index in [2.05, 4.69) is 10.3 Å². The van der Waals surface area contributed by atoms with Gasteiger partial charge in [-0.1, -0.05) is 0 Å². The molecule has 1 fully saturated rings. The average molecular weight is 367 g/mol. The monoisotopic (exact) mass is 366 g/mol. The molecule has 1 amide bonds. The van der Waals surface area contributed by atoms with E-state index in [1.54, 1.807) is 18.2 Å². The van der Waals surface area contributed by atoms with Gasteiger partial charge in [0.1, 0.15) is 0 Å². The van der Waals surface area contributed by atoms with Gasteiger partial charge in [-0.3, -0.25) is 14.4 Å². The molecule has 2 N–H and O–H groups in total. The van der Waals surface area contributed by atoms with Crippen LogP contribution in [0.3, 0.4) is 0 Å². The van der Waals surface area contributed by atoms with Crippen molar-refractivity contribution in [3.8, 4) is 0 Å². The number of aromatic nitrogens is 2. The van der Waals surface area contributed by atoms with Gasteiger partial charge in [-0.05, 0) is 45.0 Å². The van der Waals surface area contributed by atoms with Crippen LogP contribution in [0.2, 0.25) is 0 Å². The third kappa shape index (κ3) is 3.48. The Kier molecular flexibility index (Phi) is 6.02. The lowest BCUT2D eigenvalue weighted by atomic mass is 10.1. The van der Waals surface area contributed by atoms with Gasteiger partial charge >= 0.3 is 11.1 Å². The van der Waals surface area contributed by atoms with Gasteiger partial charge in [-0.2, -0.15) is 0 Å². The molecule has 1 aliphatic heterocycles. The van der Waals surface area contributed by atoms with Crippen LogP contribution in [0.5, 0.6) is 0 Å². The number of likely N-dealkylation sites (N-methyl/N-ethyl adjacent to an activating group) is 1. The topological polar surface area (TPSA) is 87.2 Å². The van der Waals surface area contributed by atoms with Crippen LogP contribution in [-0.2, 0) is 6.54 Å². The minimum Gasteiger partial charge on any atom is -0.334 e. The third-order valence-electron chi connectivity index (χ3n) is 4.62. The molecule has 1 unspecified atom stereocenters. The van der Waals surface area contributed by atoms with Crippen LogP contribution in [-0.4, -0.2) is 46.5 Å². The van der Waals surface area contributed by atoms with Crippen LogP contribution in [0.4, 0.5) is 0 Å². The van der Waals surface area contributed by atoms with Gasteiger partial charge in [0, 0.05) is 31.2 Å². The molecule has 2 aromatic rings. The van der Waals surface area contributed by atoms with Crippen molar-refractivity contribution in [3.05, 3.63) is 44.5 Å². The molecule has 1 aromatic heterocycles. The molecule has 1 aliphatic rings. The number of H-pyrrole nitrogens is 1. The second kappa shape index (κ2) is 7.84. The van der Waals surface area contributed by atoms with E-state index in [-0.39, 0.29) is 24.4 Å². The highest BCUT2D eigenvalue weighted by Gasteiger charge is 2.29. The zero-order valence-electron chi connectivity index (χ0n) is 14.4. The Labute approximate surface area is 151 Å². The summed E-state index contributed by atoms with van der Waals surface area (Å²) >= 11 is 0. The van der Waals surface area contributed by atoms with Crippen molar-refractivity contribution in [1.82, 2.24) is 19.8 Å². The zero-order valence-corrected chi connectivity index (χ0v) is 15.2. The van der Waals surface area contributed by atoms with E-state index in [0.29, 0.717) is 23.1 Å². The molecular formula is C17H23ClN4O3. The number of aromatic amines is 1. The Bertz CT molecular complexity index is 890. The van der Waals surface area contributed by atoms with E-state index < -0.39 is 11.1 Å². The first-order chi connectivity index (χ1) is 11.6. The Morgan fingerprint density at radius 3 is 2.80 bits per heavy atom. The summed E-state index contributed by atoms with van der Waals surface area (Å²) in [6, 6.07) is 5.32. The quantitative estimate of drug-likeness (QED) is 0.789. The largest absolute Gasteiger partial charge is 0.334 e. The van der Waals surface area contributed by atoms with Crippen LogP contribution >= 0.6 is 12.4 Å². The van der Waals surface area contributed by atoms with Crippen LogP contribution < -0.4 is 16.4 Å². The van der Waals surface area contributed by atoms with E-state index in [1.165, 1.54) is 4.57 Å². The summed E-state index contributed by atoms with van der Waals surface area (Å²) in [5, 5.41) is 3.12. The van der Waals surface area contributed by atoms with Gasteiger partial charge in [0.25, 0.3) is 5.91 Å². The summed E-state index contributed by atoms with van der Waals surface area (Å²) < 4.78 is 1.42. The molecule has 0 saturated carbocycles. The fraction of sp³-hybridized carbons (Fsp3) is 0.471. The number of carbonyl (C=O) groups excluding carboxylic acids is 1. The van der Waals surface area contributed by atoms with Crippen molar-refractivity contribution < 1.29 is 4.79 Å². The standard InChI is InChI=1S/C17H22N4O3.ClH/c1-3-20-14-7-6-11(9-13(14)19-15(22)17(20)24)16(23)21-8-4-5-12(21)10-18-2;/h6-7,9,12,18H,3-5,8,10H2,1-2H3,(H,19,22);1H. The highest BCUT2D eigenvalue weighted by Crippen LogP contribution is 2.21. The summed E-state index contributed by atoms with van der Waals surface area (Å²) in [7, 11) is 1.88.